The van der Waals surface area contributed by atoms with Crippen LogP contribution in [-0.2, 0) is 4.74 Å². The predicted molar refractivity (Wildman–Crippen MR) is 98.2 cm³/mol. The molecule has 0 bridgehead atoms. The van der Waals surface area contributed by atoms with E-state index in [0.717, 1.165) is 16.3 Å². The van der Waals surface area contributed by atoms with Gasteiger partial charge in [-0.1, -0.05) is 24.3 Å². The fourth-order valence-electron chi connectivity index (χ4n) is 3.01. The molecule has 128 valence electrons. The Morgan fingerprint density at radius 1 is 1.24 bits per heavy atom. The van der Waals surface area contributed by atoms with Crippen LogP contribution in [0, 0.1) is 0 Å². The lowest BCUT2D eigenvalue weighted by Gasteiger charge is -2.31. The van der Waals surface area contributed by atoms with Crippen molar-refractivity contribution in [3.63, 3.8) is 0 Å². The first-order chi connectivity index (χ1) is 12.2. The van der Waals surface area contributed by atoms with Crippen LogP contribution in [0.25, 0.3) is 16.3 Å². The van der Waals surface area contributed by atoms with E-state index in [1.165, 1.54) is 0 Å². The van der Waals surface area contributed by atoms with Gasteiger partial charge in [0.25, 0.3) is 5.91 Å². The van der Waals surface area contributed by atoms with Crippen molar-refractivity contribution in [1.82, 2.24) is 14.7 Å². The molecule has 4 rings (SSSR count). The third-order valence-corrected chi connectivity index (χ3v) is 5.12. The molecule has 1 amide bonds. The zero-order valence-electron chi connectivity index (χ0n) is 14.0. The molecule has 0 saturated carbocycles. The maximum Gasteiger partial charge on any atom is 0.272 e. The molecule has 3 aromatic rings. The van der Waals surface area contributed by atoms with Crippen molar-refractivity contribution in [3.8, 4) is 16.3 Å². The Bertz CT molecular complexity index is 858. The third-order valence-electron chi connectivity index (χ3n) is 4.23. The number of thiophene rings is 1. The number of morpholine rings is 1. The van der Waals surface area contributed by atoms with Gasteiger partial charge in [0.15, 0.2) is 0 Å². The summed E-state index contributed by atoms with van der Waals surface area (Å²) in [4.78, 5) is 16.0. The molecule has 5 nitrogen and oxygen atoms in total. The number of hydrogen-bond acceptors (Lipinski definition) is 4. The number of nitrogens with zero attached hydrogens (tertiary/aromatic N) is 3. The van der Waals surface area contributed by atoms with E-state index in [9.17, 15) is 4.79 Å². The van der Waals surface area contributed by atoms with Gasteiger partial charge in [-0.15, -0.1) is 11.3 Å². The molecule has 0 unspecified atom stereocenters. The number of para-hydroxylation sites is 1. The number of carbonyl (C=O) groups is 1. The van der Waals surface area contributed by atoms with E-state index in [1.54, 1.807) is 16.0 Å². The van der Waals surface area contributed by atoms with Crippen molar-refractivity contribution in [1.29, 1.82) is 0 Å². The van der Waals surface area contributed by atoms with Crippen LogP contribution in [0.3, 0.4) is 0 Å². The van der Waals surface area contributed by atoms with E-state index in [1.807, 2.05) is 65.7 Å². The molecule has 2 aromatic heterocycles. The summed E-state index contributed by atoms with van der Waals surface area (Å²) in [7, 11) is 0. The lowest BCUT2D eigenvalue weighted by atomic mass is 10.2. The Balaban J connectivity index is 1.76. The Morgan fingerprint density at radius 3 is 2.80 bits per heavy atom. The van der Waals surface area contributed by atoms with Gasteiger partial charge in [0.05, 0.1) is 23.3 Å². The molecule has 25 heavy (non-hydrogen) atoms. The van der Waals surface area contributed by atoms with Gasteiger partial charge in [0, 0.05) is 13.1 Å². The van der Waals surface area contributed by atoms with Gasteiger partial charge in [-0.25, -0.2) is 4.68 Å². The summed E-state index contributed by atoms with van der Waals surface area (Å²) in [5.74, 6) is -0.00527. The quantitative estimate of drug-likeness (QED) is 0.724. The van der Waals surface area contributed by atoms with Crippen LogP contribution in [0.4, 0.5) is 0 Å². The zero-order valence-corrected chi connectivity index (χ0v) is 14.8. The molecule has 1 aliphatic rings. The molecule has 0 aliphatic carbocycles. The minimum atomic E-state index is -0.00527. The number of rotatable bonds is 3. The average Bonchev–Trinajstić information content (AvgIpc) is 3.31. The van der Waals surface area contributed by atoms with E-state index < -0.39 is 0 Å². The highest BCUT2D eigenvalue weighted by Gasteiger charge is 2.26. The molecule has 6 heteroatoms. The summed E-state index contributed by atoms with van der Waals surface area (Å²) in [6.45, 7) is 3.78. The van der Waals surface area contributed by atoms with Gasteiger partial charge < -0.3 is 9.64 Å². The van der Waals surface area contributed by atoms with E-state index in [4.69, 9.17) is 9.84 Å². The van der Waals surface area contributed by atoms with Crippen LogP contribution < -0.4 is 0 Å². The van der Waals surface area contributed by atoms with Crippen LogP contribution in [0.15, 0.2) is 53.9 Å². The highest BCUT2D eigenvalue weighted by Crippen LogP contribution is 2.26. The van der Waals surface area contributed by atoms with Crippen LogP contribution in [0.1, 0.15) is 17.4 Å². The van der Waals surface area contributed by atoms with Gasteiger partial charge in [0.1, 0.15) is 11.4 Å². The zero-order chi connectivity index (χ0) is 17.2. The smallest absolute Gasteiger partial charge is 0.272 e. The molecule has 1 saturated heterocycles. The monoisotopic (exact) mass is 353 g/mol. The third kappa shape index (κ3) is 3.23. The Morgan fingerprint density at radius 2 is 2.08 bits per heavy atom. The van der Waals surface area contributed by atoms with Crippen molar-refractivity contribution < 1.29 is 9.53 Å². The largest absolute Gasteiger partial charge is 0.375 e. The van der Waals surface area contributed by atoms with Crippen molar-refractivity contribution >= 4 is 17.2 Å². The molecular formula is C19H19N3O2S. The maximum atomic E-state index is 13.1. The summed E-state index contributed by atoms with van der Waals surface area (Å²) in [5, 5.41) is 6.72. The van der Waals surface area contributed by atoms with Gasteiger partial charge in [-0.05, 0) is 36.6 Å². The van der Waals surface area contributed by atoms with Crippen LogP contribution in [-0.4, -0.2) is 46.4 Å². The summed E-state index contributed by atoms with van der Waals surface area (Å²) < 4.78 is 7.31. The van der Waals surface area contributed by atoms with Crippen molar-refractivity contribution in [2.45, 2.75) is 13.0 Å². The standard InChI is InChI=1S/C19H19N3O2S/c1-14-13-21(9-10-24-14)19(23)17-12-16(18-8-5-11-25-18)20-22(17)15-6-3-2-4-7-15/h2-8,11-12,14H,9-10,13H2,1H3/t14-/m1/s1. The van der Waals surface area contributed by atoms with E-state index in [2.05, 4.69) is 0 Å². The SMILES string of the molecule is C[C@@H]1CN(C(=O)c2cc(-c3cccs3)nn2-c2ccccc2)CCO1. The normalized spacial score (nSPS) is 17.6. The lowest BCUT2D eigenvalue weighted by Crippen LogP contribution is -2.45. The maximum absolute atomic E-state index is 13.1. The number of carbonyl (C=O) groups excluding carboxylic acids is 1. The van der Waals surface area contributed by atoms with Crippen LogP contribution in [0.2, 0.25) is 0 Å². The second kappa shape index (κ2) is 6.82. The highest BCUT2D eigenvalue weighted by atomic mass is 32.1. The Labute approximate surface area is 150 Å². The van der Waals surface area contributed by atoms with Crippen molar-refractivity contribution in [2.75, 3.05) is 19.7 Å². The number of ether oxygens (including phenoxy) is 1. The summed E-state index contributed by atoms with van der Waals surface area (Å²) in [6.07, 6.45) is 0.0579. The second-order valence-corrected chi connectivity index (χ2v) is 7.02. The van der Waals surface area contributed by atoms with E-state index in [-0.39, 0.29) is 12.0 Å². The molecule has 1 aliphatic heterocycles. The molecule has 0 radical (unpaired) electrons. The lowest BCUT2D eigenvalue weighted by molar-refractivity contribution is -0.0127. The van der Waals surface area contributed by atoms with Crippen LogP contribution in [0.5, 0.6) is 0 Å². The fraction of sp³-hybridized carbons (Fsp3) is 0.263. The van der Waals surface area contributed by atoms with Gasteiger partial charge >= 0.3 is 0 Å². The fourth-order valence-corrected chi connectivity index (χ4v) is 3.69. The number of benzene rings is 1. The van der Waals surface area contributed by atoms with Gasteiger partial charge in [-0.3, -0.25) is 4.79 Å². The average molecular weight is 353 g/mol. The van der Waals surface area contributed by atoms with Crippen molar-refractivity contribution in [2.24, 2.45) is 0 Å². The van der Waals surface area contributed by atoms with Crippen LogP contribution >= 0.6 is 11.3 Å². The number of amides is 1. The Kier molecular flexibility index (Phi) is 4.38. The highest BCUT2D eigenvalue weighted by molar-refractivity contribution is 7.13. The Hall–Kier alpha value is -2.44. The molecule has 3 heterocycles. The first kappa shape index (κ1) is 16.1. The number of hydrogen-bond donors (Lipinski definition) is 0. The van der Waals surface area contributed by atoms with E-state index >= 15 is 0 Å². The predicted octanol–water partition coefficient (Wildman–Crippen LogP) is 3.46. The molecule has 1 fully saturated rings. The molecule has 0 spiro atoms. The molecular weight excluding hydrogens is 334 g/mol. The minimum Gasteiger partial charge on any atom is -0.375 e. The summed E-state index contributed by atoms with van der Waals surface area (Å²) >= 11 is 1.62. The summed E-state index contributed by atoms with van der Waals surface area (Å²) in [6, 6.07) is 15.7. The molecule has 1 aromatic carbocycles. The van der Waals surface area contributed by atoms with Gasteiger partial charge in [-0.2, -0.15) is 5.10 Å². The first-order valence-corrected chi connectivity index (χ1v) is 9.20. The minimum absolute atomic E-state index is 0.00527. The first-order valence-electron chi connectivity index (χ1n) is 8.32. The summed E-state index contributed by atoms with van der Waals surface area (Å²) in [5.41, 5.74) is 2.29. The van der Waals surface area contributed by atoms with Gasteiger partial charge in [0.2, 0.25) is 0 Å². The van der Waals surface area contributed by atoms with Crippen molar-refractivity contribution in [3.05, 3.63) is 59.6 Å². The number of aromatic nitrogens is 2. The van der Waals surface area contributed by atoms with E-state index in [0.29, 0.717) is 25.4 Å². The topological polar surface area (TPSA) is 47.4 Å². The second-order valence-electron chi connectivity index (χ2n) is 6.07. The molecule has 1 atom stereocenters. The molecule has 0 N–H and O–H groups in total.